The summed E-state index contributed by atoms with van der Waals surface area (Å²) in [4.78, 5) is 30.4. The van der Waals surface area contributed by atoms with Gasteiger partial charge in [0.1, 0.15) is 0 Å². The number of thiophene rings is 3. The Morgan fingerprint density at radius 1 is 1.00 bits per heavy atom. The number of carbonyl (C=O) groups is 2. The zero-order chi connectivity index (χ0) is 17.2. The molecule has 1 atom stereocenters. The summed E-state index contributed by atoms with van der Waals surface area (Å²) in [6.07, 6.45) is 1.46. The standard InChI is InChI=1S/C19H17NO2S3/c21-14(16-3-1-10-23-16)5-6-18(22)20-9-7-15-13(8-12-25-15)19(20)17-4-2-11-24-17/h1-4,8,10-12,19H,5-7,9H2/t19-/m1/s1. The highest BCUT2D eigenvalue weighted by molar-refractivity contribution is 7.12. The number of ketones is 1. The van der Waals surface area contributed by atoms with Gasteiger partial charge >= 0.3 is 0 Å². The van der Waals surface area contributed by atoms with Crippen molar-refractivity contribution in [2.45, 2.75) is 25.3 Å². The molecule has 0 unspecified atom stereocenters. The number of nitrogens with zero attached hydrogens (tertiary/aromatic N) is 1. The van der Waals surface area contributed by atoms with Gasteiger partial charge in [0.05, 0.1) is 10.9 Å². The van der Waals surface area contributed by atoms with E-state index in [0.717, 1.165) is 17.8 Å². The number of fused-ring (bicyclic) bond motifs is 1. The van der Waals surface area contributed by atoms with Gasteiger partial charge in [-0.3, -0.25) is 9.59 Å². The normalized spacial score (nSPS) is 16.6. The molecule has 0 bridgehead atoms. The molecule has 0 spiro atoms. The SMILES string of the molecule is O=C(CCC(=O)N1CCc2sccc2[C@@H]1c1cccs1)c1cccs1. The molecule has 3 nitrogen and oxygen atoms in total. The van der Waals surface area contributed by atoms with E-state index in [0.29, 0.717) is 0 Å². The number of carbonyl (C=O) groups excluding carboxylic acids is 2. The first-order valence-electron chi connectivity index (χ1n) is 8.20. The van der Waals surface area contributed by atoms with Gasteiger partial charge in [0, 0.05) is 29.1 Å². The summed E-state index contributed by atoms with van der Waals surface area (Å²) in [6.45, 7) is 0.724. The van der Waals surface area contributed by atoms with E-state index in [9.17, 15) is 9.59 Å². The van der Waals surface area contributed by atoms with Crippen LogP contribution in [-0.2, 0) is 11.2 Å². The maximum Gasteiger partial charge on any atom is 0.223 e. The molecule has 4 heterocycles. The summed E-state index contributed by atoms with van der Waals surface area (Å²) in [5.74, 6) is 0.129. The van der Waals surface area contributed by atoms with Gasteiger partial charge < -0.3 is 4.90 Å². The Morgan fingerprint density at radius 2 is 1.84 bits per heavy atom. The first-order valence-corrected chi connectivity index (χ1v) is 10.8. The van der Waals surface area contributed by atoms with E-state index in [1.807, 2.05) is 28.5 Å². The molecule has 3 aromatic heterocycles. The van der Waals surface area contributed by atoms with Crippen molar-refractivity contribution in [2.75, 3.05) is 6.54 Å². The quantitative estimate of drug-likeness (QED) is 0.577. The fraction of sp³-hybridized carbons (Fsp3) is 0.263. The van der Waals surface area contributed by atoms with Crippen LogP contribution in [0, 0.1) is 0 Å². The van der Waals surface area contributed by atoms with Crippen molar-refractivity contribution >= 4 is 45.7 Å². The van der Waals surface area contributed by atoms with Crippen LogP contribution in [0.3, 0.4) is 0 Å². The minimum Gasteiger partial charge on any atom is -0.330 e. The second-order valence-electron chi connectivity index (χ2n) is 5.95. The Balaban J connectivity index is 1.52. The first-order chi connectivity index (χ1) is 12.2. The maximum atomic E-state index is 12.9. The van der Waals surface area contributed by atoms with Crippen LogP contribution in [0.25, 0.3) is 0 Å². The van der Waals surface area contributed by atoms with Crippen LogP contribution in [-0.4, -0.2) is 23.1 Å². The summed E-state index contributed by atoms with van der Waals surface area (Å²) in [6, 6.07) is 9.96. The van der Waals surface area contributed by atoms with Gasteiger partial charge in [-0.05, 0) is 46.3 Å². The topological polar surface area (TPSA) is 37.4 Å². The minimum absolute atomic E-state index is 0.000611. The van der Waals surface area contributed by atoms with Crippen molar-refractivity contribution in [1.29, 1.82) is 0 Å². The molecule has 1 aliphatic rings. The zero-order valence-corrected chi connectivity index (χ0v) is 16.0. The van der Waals surface area contributed by atoms with Crippen LogP contribution in [0.15, 0.2) is 46.5 Å². The summed E-state index contributed by atoms with van der Waals surface area (Å²) < 4.78 is 0. The molecule has 0 radical (unpaired) electrons. The molecule has 0 saturated carbocycles. The van der Waals surface area contributed by atoms with Crippen LogP contribution >= 0.6 is 34.0 Å². The Bertz CT molecular complexity index is 865. The van der Waals surface area contributed by atoms with Gasteiger partial charge in [-0.1, -0.05) is 12.1 Å². The monoisotopic (exact) mass is 387 g/mol. The predicted octanol–water partition coefficient (Wildman–Crippen LogP) is 5.01. The molecule has 128 valence electrons. The van der Waals surface area contributed by atoms with Crippen molar-refractivity contribution in [2.24, 2.45) is 0 Å². The second-order valence-corrected chi connectivity index (χ2v) is 8.88. The van der Waals surface area contributed by atoms with Crippen molar-refractivity contribution < 1.29 is 9.59 Å². The molecule has 4 rings (SSSR count). The van der Waals surface area contributed by atoms with E-state index in [2.05, 4.69) is 22.9 Å². The fourth-order valence-electron chi connectivity index (χ4n) is 3.26. The van der Waals surface area contributed by atoms with E-state index < -0.39 is 0 Å². The number of Topliss-reactive ketones (excluding diaryl/α,β-unsaturated/α-hetero) is 1. The molecule has 3 aromatic rings. The van der Waals surface area contributed by atoms with Gasteiger partial charge in [-0.15, -0.1) is 34.0 Å². The average Bonchev–Trinajstić information content (AvgIpc) is 3.39. The molecule has 0 aromatic carbocycles. The van der Waals surface area contributed by atoms with Gasteiger partial charge in [0.25, 0.3) is 0 Å². The van der Waals surface area contributed by atoms with E-state index in [-0.39, 0.29) is 30.6 Å². The minimum atomic E-state index is -0.000611. The maximum absolute atomic E-state index is 12.9. The smallest absolute Gasteiger partial charge is 0.223 e. The molecular formula is C19H17NO2S3. The van der Waals surface area contributed by atoms with Crippen molar-refractivity contribution in [1.82, 2.24) is 4.90 Å². The number of amides is 1. The molecule has 1 amide bonds. The van der Waals surface area contributed by atoms with Gasteiger partial charge in [-0.2, -0.15) is 0 Å². The average molecular weight is 388 g/mol. The Hall–Kier alpha value is -1.76. The summed E-state index contributed by atoms with van der Waals surface area (Å²) >= 11 is 4.89. The highest BCUT2D eigenvalue weighted by Gasteiger charge is 2.33. The molecule has 0 N–H and O–H groups in total. The Morgan fingerprint density at radius 3 is 2.60 bits per heavy atom. The predicted molar refractivity (Wildman–Crippen MR) is 104 cm³/mol. The Labute approximate surface area is 158 Å². The Kier molecular flexibility index (Phi) is 4.83. The summed E-state index contributed by atoms with van der Waals surface area (Å²) in [7, 11) is 0. The number of hydrogen-bond donors (Lipinski definition) is 0. The van der Waals surface area contributed by atoms with E-state index >= 15 is 0 Å². The lowest BCUT2D eigenvalue weighted by molar-refractivity contribution is -0.133. The number of hydrogen-bond acceptors (Lipinski definition) is 5. The fourth-order valence-corrected chi connectivity index (χ4v) is 5.72. The lowest BCUT2D eigenvalue weighted by Crippen LogP contribution is -2.39. The first kappa shape index (κ1) is 16.7. The van der Waals surface area contributed by atoms with Crippen molar-refractivity contribution in [3.05, 3.63) is 66.7 Å². The highest BCUT2D eigenvalue weighted by atomic mass is 32.1. The van der Waals surface area contributed by atoms with Gasteiger partial charge in [0.2, 0.25) is 5.91 Å². The molecule has 25 heavy (non-hydrogen) atoms. The third-order valence-corrected chi connectivity index (χ3v) is 7.29. The molecule has 1 aliphatic heterocycles. The van der Waals surface area contributed by atoms with E-state index in [1.165, 1.54) is 26.7 Å². The highest BCUT2D eigenvalue weighted by Crippen LogP contribution is 2.39. The molecule has 0 aliphatic carbocycles. The van der Waals surface area contributed by atoms with Crippen molar-refractivity contribution in [3.8, 4) is 0 Å². The van der Waals surface area contributed by atoms with Crippen LogP contribution in [0.2, 0.25) is 0 Å². The summed E-state index contributed by atoms with van der Waals surface area (Å²) in [5.41, 5.74) is 1.25. The number of rotatable bonds is 5. The van der Waals surface area contributed by atoms with Crippen molar-refractivity contribution in [3.63, 3.8) is 0 Å². The zero-order valence-electron chi connectivity index (χ0n) is 13.5. The summed E-state index contributed by atoms with van der Waals surface area (Å²) in [5, 5.41) is 6.06. The van der Waals surface area contributed by atoms with Crippen LogP contribution in [0.1, 0.15) is 43.9 Å². The van der Waals surface area contributed by atoms with Crippen LogP contribution in [0.4, 0.5) is 0 Å². The second kappa shape index (κ2) is 7.23. The molecular weight excluding hydrogens is 370 g/mol. The van der Waals surface area contributed by atoms with E-state index in [1.54, 1.807) is 22.7 Å². The van der Waals surface area contributed by atoms with Gasteiger partial charge in [-0.25, -0.2) is 0 Å². The molecule has 0 fully saturated rings. The third-order valence-electron chi connectivity index (χ3n) is 4.46. The van der Waals surface area contributed by atoms with Crippen LogP contribution in [0.5, 0.6) is 0 Å². The van der Waals surface area contributed by atoms with E-state index in [4.69, 9.17) is 0 Å². The lowest BCUT2D eigenvalue weighted by atomic mass is 9.97. The molecule has 6 heteroatoms. The van der Waals surface area contributed by atoms with Crippen LogP contribution < -0.4 is 0 Å². The van der Waals surface area contributed by atoms with Gasteiger partial charge in [0.15, 0.2) is 5.78 Å². The third kappa shape index (κ3) is 3.34. The molecule has 0 saturated heterocycles. The largest absolute Gasteiger partial charge is 0.330 e. The lowest BCUT2D eigenvalue weighted by Gasteiger charge is -2.35.